The molecule has 0 saturated carbocycles. The highest BCUT2D eigenvalue weighted by molar-refractivity contribution is 5.74. The number of anilines is 1. The molecule has 2 aliphatic heterocycles. The normalized spacial score (nSPS) is 24.3. The molecule has 2 unspecified atom stereocenters. The Morgan fingerprint density at radius 2 is 2.08 bits per heavy atom. The van der Waals surface area contributed by atoms with E-state index in [1.807, 2.05) is 6.07 Å². The van der Waals surface area contributed by atoms with Crippen LogP contribution in [0.4, 0.5) is 10.7 Å². The molecular weight excluding hydrogens is 318 g/mol. The Balaban J connectivity index is 1.29. The van der Waals surface area contributed by atoms with E-state index >= 15 is 0 Å². The van der Waals surface area contributed by atoms with Gasteiger partial charge in [0.2, 0.25) is 5.95 Å². The first-order valence-corrected chi connectivity index (χ1v) is 9.27. The number of rotatable bonds is 6. The van der Waals surface area contributed by atoms with Crippen molar-refractivity contribution in [3.8, 4) is 0 Å². The average Bonchev–Trinajstić information content (AvgIpc) is 3.05. The SMILES string of the molecule is CC1NNCC1CCCNC(=O)NC1CCN(c2ncccn2)CC1. The second-order valence-electron chi connectivity index (χ2n) is 6.93. The second kappa shape index (κ2) is 8.96. The van der Waals surface area contributed by atoms with Gasteiger partial charge in [-0.15, -0.1) is 0 Å². The van der Waals surface area contributed by atoms with Crippen LogP contribution in [-0.2, 0) is 0 Å². The van der Waals surface area contributed by atoms with Crippen molar-refractivity contribution in [2.75, 3.05) is 31.1 Å². The maximum absolute atomic E-state index is 12.0. The maximum Gasteiger partial charge on any atom is 0.315 e. The highest BCUT2D eigenvalue weighted by Crippen LogP contribution is 2.15. The van der Waals surface area contributed by atoms with Crippen molar-refractivity contribution in [2.45, 2.75) is 44.7 Å². The molecule has 2 saturated heterocycles. The van der Waals surface area contributed by atoms with E-state index in [9.17, 15) is 4.79 Å². The summed E-state index contributed by atoms with van der Waals surface area (Å²) in [5, 5.41) is 6.07. The Bertz CT molecular complexity index is 533. The number of nitrogens with zero attached hydrogens (tertiary/aromatic N) is 3. The fourth-order valence-electron chi connectivity index (χ4n) is 3.48. The van der Waals surface area contributed by atoms with Crippen LogP contribution in [0.2, 0.25) is 0 Å². The minimum absolute atomic E-state index is 0.0508. The van der Waals surface area contributed by atoms with Gasteiger partial charge in [-0.1, -0.05) is 0 Å². The Morgan fingerprint density at radius 1 is 1.32 bits per heavy atom. The zero-order valence-corrected chi connectivity index (χ0v) is 14.9. The molecule has 0 radical (unpaired) electrons. The zero-order chi connectivity index (χ0) is 17.5. The van der Waals surface area contributed by atoms with Crippen molar-refractivity contribution < 1.29 is 4.79 Å². The van der Waals surface area contributed by atoms with E-state index < -0.39 is 0 Å². The average molecular weight is 347 g/mol. The van der Waals surface area contributed by atoms with Crippen molar-refractivity contribution in [2.24, 2.45) is 5.92 Å². The van der Waals surface area contributed by atoms with Crippen molar-refractivity contribution in [1.82, 2.24) is 31.5 Å². The topological polar surface area (TPSA) is 94.2 Å². The van der Waals surface area contributed by atoms with Crippen LogP contribution >= 0.6 is 0 Å². The first kappa shape index (κ1) is 17.9. The third-order valence-corrected chi connectivity index (χ3v) is 5.10. The highest BCUT2D eigenvalue weighted by Gasteiger charge is 2.23. The van der Waals surface area contributed by atoms with Crippen LogP contribution in [0.5, 0.6) is 0 Å². The number of nitrogens with one attached hydrogen (secondary N) is 4. The van der Waals surface area contributed by atoms with E-state index in [1.165, 1.54) is 0 Å². The van der Waals surface area contributed by atoms with Gasteiger partial charge in [0, 0.05) is 50.7 Å². The van der Waals surface area contributed by atoms with Gasteiger partial charge in [-0.05, 0) is 44.6 Å². The minimum Gasteiger partial charge on any atom is -0.341 e. The molecule has 1 aromatic rings. The molecule has 2 atom stereocenters. The summed E-state index contributed by atoms with van der Waals surface area (Å²) in [5.74, 6) is 1.42. The quantitative estimate of drug-likeness (QED) is 0.564. The predicted molar refractivity (Wildman–Crippen MR) is 97.1 cm³/mol. The van der Waals surface area contributed by atoms with E-state index in [0.717, 1.165) is 57.8 Å². The largest absolute Gasteiger partial charge is 0.341 e. The van der Waals surface area contributed by atoms with Crippen LogP contribution in [0.25, 0.3) is 0 Å². The van der Waals surface area contributed by atoms with Crippen molar-refractivity contribution in [3.63, 3.8) is 0 Å². The lowest BCUT2D eigenvalue weighted by Gasteiger charge is -2.32. The molecule has 138 valence electrons. The number of amides is 2. The van der Waals surface area contributed by atoms with Gasteiger partial charge < -0.3 is 15.5 Å². The van der Waals surface area contributed by atoms with Gasteiger partial charge in [0.05, 0.1) is 0 Å². The molecule has 0 aromatic carbocycles. The number of carbonyl (C=O) groups is 1. The standard InChI is InChI=1S/C17H29N7O/c1-13-14(12-21-23-13)4-2-7-20-17(25)22-15-5-10-24(11-6-15)16-18-8-3-9-19-16/h3,8-9,13-15,21,23H,2,4-7,10-12H2,1H3,(H2,20,22,25). The summed E-state index contributed by atoms with van der Waals surface area (Å²) in [6.45, 7) is 5.67. The third kappa shape index (κ3) is 5.27. The Labute approximate surface area is 149 Å². The van der Waals surface area contributed by atoms with Gasteiger partial charge in [0.1, 0.15) is 0 Å². The summed E-state index contributed by atoms with van der Waals surface area (Å²) in [7, 11) is 0. The molecular formula is C17H29N7O. The fraction of sp³-hybridized carbons (Fsp3) is 0.706. The first-order chi connectivity index (χ1) is 12.2. The van der Waals surface area contributed by atoms with Crippen LogP contribution in [-0.4, -0.2) is 54.3 Å². The second-order valence-corrected chi connectivity index (χ2v) is 6.93. The smallest absolute Gasteiger partial charge is 0.315 e. The summed E-state index contributed by atoms with van der Waals surface area (Å²) in [5.41, 5.74) is 6.40. The monoisotopic (exact) mass is 347 g/mol. The summed E-state index contributed by atoms with van der Waals surface area (Å²) in [4.78, 5) is 22.8. The van der Waals surface area contributed by atoms with Crippen molar-refractivity contribution in [1.29, 1.82) is 0 Å². The molecule has 0 aliphatic carbocycles. The van der Waals surface area contributed by atoms with Crippen LogP contribution in [0.1, 0.15) is 32.6 Å². The lowest BCUT2D eigenvalue weighted by Crippen LogP contribution is -2.48. The van der Waals surface area contributed by atoms with E-state index in [2.05, 4.69) is 43.3 Å². The molecule has 8 nitrogen and oxygen atoms in total. The number of aromatic nitrogens is 2. The molecule has 0 spiro atoms. The molecule has 25 heavy (non-hydrogen) atoms. The van der Waals surface area contributed by atoms with Gasteiger partial charge in [0.15, 0.2) is 0 Å². The lowest BCUT2D eigenvalue weighted by atomic mass is 9.98. The maximum atomic E-state index is 12.0. The summed E-state index contributed by atoms with van der Waals surface area (Å²) in [6, 6.07) is 2.50. The van der Waals surface area contributed by atoms with E-state index in [4.69, 9.17) is 0 Å². The number of hydrogen-bond donors (Lipinski definition) is 4. The van der Waals surface area contributed by atoms with Gasteiger partial charge in [-0.3, -0.25) is 10.9 Å². The number of hydrazine groups is 1. The Hall–Kier alpha value is -1.93. The Kier molecular flexibility index (Phi) is 6.41. The molecule has 3 rings (SSSR count). The molecule has 3 heterocycles. The van der Waals surface area contributed by atoms with Crippen LogP contribution < -0.4 is 26.4 Å². The van der Waals surface area contributed by atoms with E-state index in [1.54, 1.807) is 12.4 Å². The number of urea groups is 1. The Morgan fingerprint density at radius 3 is 2.76 bits per heavy atom. The van der Waals surface area contributed by atoms with Crippen LogP contribution in [0, 0.1) is 5.92 Å². The van der Waals surface area contributed by atoms with E-state index in [-0.39, 0.29) is 12.1 Å². The van der Waals surface area contributed by atoms with Crippen LogP contribution in [0.15, 0.2) is 18.5 Å². The minimum atomic E-state index is -0.0508. The molecule has 0 bridgehead atoms. The van der Waals surface area contributed by atoms with Crippen molar-refractivity contribution >= 4 is 12.0 Å². The number of piperidine rings is 1. The number of hydrogen-bond acceptors (Lipinski definition) is 6. The van der Waals surface area contributed by atoms with Gasteiger partial charge in [0.25, 0.3) is 0 Å². The summed E-state index contributed by atoms with van der Waals surface area (Å²) < 4.78 is 0. The van der Waals surface area contributed by atoms with Gasteiger partial charge in [-0.2, -0.15) is 0 Å². The van der Waals surface area contributed by atoms with Gasteiger partial charge >= 0.3 is 6.03 Å². The molecule has 2 aliphatic rings. The number of carbonyl (C=O) groups excluding carboxylic acids is 1. The fourth-order valence-corrected chi connectivity index (χ4v) is 3.48. The lowest BCUT2D eigenvalue weighted by molar-refractivity contribution is 0.234. The highest BCUT2D eigenvalue weighted by atomic mass is 16.2. The molecule has 1 aromatic heterocycles. The third-order valence-electron chi connectivity index (χ3n) is 5.10. The molecule has 2 amide bonds. The molecule has 2 fully saturated rings. The predicted octanol–water partition coefficient (Wildman–Crippen LogP) is 0.637. The molecule has 8 heteroatoms. The van der Waals surface area contributed by atoms with Crippen LogP contribution in [0.3, 0.4) is 0 Å². The van der Waals surface area contributed by atoms with Gasteiger partial charge in [-0.25, -0.2) is 14.8 Å². The summed E-state index contributed by atoms with van der Waals surface area (Å²) in [6.07, 6.45) is 7.49. The van der Waals surface area contributed by atoms with E-state index in [0.29, 0.717) is 12.0 Å². The zero-order valence-electron chi connectivity index (χ0n) is 14.9. The molecule has 4 N–H and O–H groups in total. The summed E-state index contributed by atoms with van der Waals surface area (Å²) >= 11 is 0. The van der Waals surface area contributed by atoms with Crippen molar-refractivity contribution in [3.05, 3.63) is 18.5 Å². The first-order valence-electron chi connectivity index (χ1n) is 9.27.